The van der Waals surface area contributed by atoms with Crippen LogP contribution >= 0.6 is 0 Å². The van der Waals surface area contributed by atoms with Crippen LogP contribution in [0.25, 0.3) is 10.8 Å². The fourth-order valence-electron chi connectivity index (χ4n) is 3.61. The van der Waals surface area contributed by atoms with Crippen molar-refractivity contribution in [1.82, 2.24) is 4.57 Å². The molecule has 1 aliphatic rings. The van der Waals surface area contributed by atoms with Gasteiger partial charge in [-0.15, -0.1) is 0 Å². The SMILES string of the molecule is COc1cc(NC(=O)c2cn(C)c(=O)c3ccccc23)cc(OCC2CCCO2)c1. The molecule has 1 aliphatic heterocycles. The number of nitrogens with zero attached hydrogens (tertiary/aromatic N) is 1. The molecule has 30 heavy (non-hydrogen) atoms. The quantitative estimate of drug-likeness (QED) is 0.677. The fourth-order valence-corrected chi connectivity index (χ4v) is 3.61. The predicted octanol–water partition coefficient (Wildman–Crippen LogP) is 3.36. The first-order valence-corrected chi connectivity index (χ1v) is 9.88. The molecule has 3 aromatic rings. The molecule has 0 aliphatic carbocycles. The van der Waals surface area contributed by atoms with Crippen molar-refractivity contribution >= 4 is 22.4 Å². The van der Waals surface area contributed by atoms with E-state index in [1.807, 2.05) is 0 Å². The zero-order valence-electron chi connectivity index (χ0n) is 17.0. The van der Waals surface area contributed by atoms with Gasteiger partial charge >= 0.3 is 0 Å². The van der Waals surface area contributed by atoms with Gasteiger partial charge in [0.05, 0.1) is 18.8 Å². The lowest BCUT2D eigenvalue weighted by atomic mass is 10.1. The molecule has 2 aromatic carbocycles. The monoisotopic (exact) mass is 408 g/mol. The van der Waals surface area contributed by atoms with E-state index in [0.29, 0.717) is 40.1 Å². The van der Waals surface area contributed by atoms with Crippen LogP contribution in [0.4, 0.5) is 5.69 Å². The summed E-state index contributed by atoms with van der Waals surface area (Å²) in [5.41, 5.74) is 0.810. The van der Waals surface area contributed by atoms with Gasteiger partial charge in [0.2, 0.25) is 0 Å². The third-order valence-electron chi connectivity index (χ3n) is 5.17. The van der Waals surface area contributed by atoms with Crippen molar-refractivity contribution < 1.29 is 19.0 Å². The molecule has 0 spiro atoms. The molecule has 4 rings (SSSR count). The zero-order valence-corrected chi connectivity index (χ0v) is 17.0. The molecular formula is C23H24N2O5. The third-order valence-corrected chi connectivity index (χ3v) is 5.17. The molecule has 7 nitrogen and oxygen atoms in total. The lowest BCUT2D eigenvalue weighted by Crippen LogP contribution is -2.21. The first kappa shape index (κ1) is 20.0. The molecular weight excluding hydrogens is 384 g/mol. The number of ether oxygens (including phenoxy) is 3. The molecule has 0 bridgehead atoms. The van der Waals surface area contributed by atoms with E-state index < -0.39 is 0 Å². The Morgan fingerprint density at radius 2 is 1.97 bits per heavy atom. The summed E-state index contributed by atoms with van der Waals surface area (Å²) in [7, 11) is 3.19. The maximum atomic E-state index is 13.0. The van der Waals surface area contributed by atoms with E-state index in [9.17, 15) is 9.59 Å². The average molecular weight is 408 g/mol. The summed E-state index contributed by atoms with van der Waals surface area (Å²) < 4.78 is 18.2. The number of carbonyl (C=O) groups is 1. The van der Waals surface area contributed by atoms with Crippen LogP contribution < -0.4 is 20.3 Å². The van der Waals surface area contributed by atoms with Crippen LogP contribution in [0, 0.1) is 0 Å². The van der Waals surface area contributed by atoms with Crippen molar-refractivity contribution in [3.63, 3.8) is 0 Å². The number of methoxy groups -OCH3 is 1. The maximum Gasteiger partial charge on any atom is 0.258 e. The predicted molar refractivity (Wildman–Crippen MR) is 115 cm³/mol. The van der Waals surface area contributed by atoms with Gasteiger partial charge in [-0.25, -0.2) is 0 Å². The Morgan fingerprint density at radius 3 is 2.70 bits per heavy atom. The first-order valence-electron chi connectivity index (χ1n) is 9.88. The number of amides is 1. The van der Waals surface area contributed by atoms with Gasteiger partial charge in [-0.05, 0) is 18.9 Å². The Kier molecular flexibility index (Phi) is 5.72. The summed E-state index contributed by atoms with van der Waals surface area (Å²) >= 11 is 0. The standard InChI is InChI=1S/C23H24N2O5/c1-25-13-21(19-7-3-4-8-20(19)23(25)27)22(26)24-15-10-17(28-2)12-18(11-15)30-14-16-6-5-9-29-16/h3-4,7-8,10-13,16H,5-6,9,14H2,1-2H3,(H,24,26). The summed E-state index contributed by atoms with van der Waals surface area (Å²) in [5.74, 6) is 0.839. The van der Waals surface area contributed by atoms with E-state index in [1.54, 1.807) is 62.8 Å². The van der Waals surface area contributed by atoms with Crippen LogP contribution in [0.2, 0.25) is 0 Å². The van der Waals surface area contributed by atoms with E-state index in [0.717, 1.165) is 19.4 Å². The number of pyridine rings is 1. The van der Waals surface area contributed by atoms with Crippen molar-refractivity contribution in [2.45, 2.75) is 18.9 Å². The van der Waals surface area contributed by atoms with Crippen LogP contribution in [0.5, 0.6) is 11.5 Å². The summed E-state index contributed by atoms with van der Waals surface area (Å²) in [6.45, 7) is 1.22. The minimum absolute atomic E-state index is 0.0891. The average Bonchev–Trinajstić information content (AvgIpc) is 3.28. The number of carbonyl (C=O) groups excluding carboxylic acids is 1. The second-order valence-electron chi connectivity index (χ2n) is 7.30. The smallest absolute Gasteiger partial charge is 0.258 e. The van der Waals surface area contributed by atoms with Crippen molar-refractivity contribution in [1.29, 1.82) is 0 Å². The Morgan fingerprint density at radius 1 is 1.20 bits per heavy atom. The van der Waals surface area contributed by atoms with Crippen molar-refractivity contribution in [2.75, 3.05) is 25.6 Å². The largest absolute Gasteiger partial charge is 0.497 e. The first-order chi connectivity index (χ1) is 14.5. The van der Waals surface area contributed by atoms with E-state index >= 15 is 0 Å². The molecule has 1 aromatic heterocycles. The van der Waals surface area contributed by atoms with Gasteiger partial charge in [-0.3, -0.25) is 9.59 Å². The molecule has 2 heterocycles. The van der Waals surface area contributed by atoms with E-state index in [4.69, 9.17) is 14.2 Å². The normalized spacial score (nSPS) is 15.9. The van der Waals surface area contributed by atoms with Crippen LogP contribution in [0.1, 0.15) is 23.2 Å². The summed E-state index contributed by atoms with van der Waals surface area (Å²) in [4.78, 5) is 25.4. The number of benzene rings is 2. The Bertz CT molecular complexity index is 1130. The van der Waals surface area contributed by atoms with Gasteiger partial charge in [0.15, 0.2) is 0 Å². The second-order valence-corrected chi connectivity index (χ2v) is 7.30. The van der Waals surface area contributed by atoms with Crippen LogP contribution in [-0.2, 0) is 11.8 Å². The molecule has 7 heteroatoms. The minimum Gasteiger partial charge on any atom is -0.497 e. The van der Waals surface area contributed by atoms with Gasteiger partial charge in [0, 0.05) is 54.5 Å². The number of anilines is 1. The zero-order chi connectivity index (χ0) is 21.1. The van der Waals surface area contributed by atoms with Gasteiger partial charge in [0.25, 0.3) is 11.5 Å². The number of rotatable bonds is 6. The Balaban J connectivity index is 1.60. The molecule has 156 valence electrons. The highest BCUT2D eigenvalue weighted by Gasteiger charge is 2.17. The molecule has 1 atom stereocenters. The van der Waals surface area contributed by atoms with Gasteiger partial charge in [0.1, 0.15) is 18.1 Å². The van der Waals surface area contributed by atoms with Crippen LogP contribution in [0.3, 0.4) is 0 Å². The summed E-state index contributed by atoms with van der Waals surface area (Å²) in [6.07, 6.45) is 3.66. The number of aromatic nitrogens is 1. The van der Waals surface area contributed by atoms with Crippen LogP contribution in [-0.4, -0.2) is 36.9 Å². The lowest BCUT2D eigenvalue weighted by Gasteiger charge is -2.15. The van der Waals surface area contributed by atoms with E-state index in [1.165, 1.54) is 4.57 Å². The van der Waals surface area contributed by atoms with Gasteiger partial charge < -0.3 is 24.1 Å². The number of aryl methyl sites for hydroxylation is 1. The lowest BCUT2D eigenvalue weighted by molar-refractivity contribution is 0.0679. The van der Waals surface area contributed by atoms with E-state index in [2.05, 4.69) is 5.32 Å². The highest BCUT2D eigenvalue weighted by atomic mass is 16.5. The molecule has 0 saturated carbocycles. The second kappa shape index (κ2) is 8.59. The molecule has 1 amide bonds. The summed E-state index contributed by atoms with van der Waals surface area (Å²) in [5, 5.41) is 4.00. The van der Waals surface area contributed by atoms with Gasteiger partial charge in [-0.1, -0.05) is 18.2 Å². The third kappa shape index (κ3) is 4.16. The maximum absolute atomic E-state index is 13.0. The fraction of sp³-hybridized carbons (Fsp3) is 0.304. The Labute approximate surface area is 174 Å². The minimum atomic E-state index is -0.319. The molecule has 1 N–H and O–H groups in total. The summed E-state index contributed by atoms with van der Waals surface area (Å²) in [6, 6.07) is 12.3. The number of fused-ring (bicyclic) bond motifs is 1. The highest BCUT2D eigenvalue weighted by molar-refractivity contribution is 6.12. The Hall–Kier alpha value is -3.32. The number of hydrogen-bond donors (Lipinski definition) is 1. The van der Waals surface area contributed by atoms with Crippen molar-refractivity contribution in [2.24, 2.45) is 7.05 Å². The van der Waals surface area contributed by atoms with Crippen molar-refractivity contribution in [3.8, 4) is 11.5 Å². The highest BCUT2D eigenvalue weighted by Crippen LogP contribution is 2.28. The topological polar surface area (TPSA) is 78.8 Å². The molecule has 1 saturated heterocycles. The van der Waals surface area contributed by atoms with Crippen molar-refractivity contribution in [3.05, 3.63) is 64.6 Å². The molecule has 1 fully saturated rings. The van der Waals surface area contributed by atoms with E-state index in [-0.39, 0.29) is 17.6 Å². The number of nitrogens with one attached hydrogen (secondary N) is 1. The number of hydrogen-bond acceptors (Lipinski definition) is 5. The molecule has 0 radical (unpaired) electrons. The molecule has 1 unspecified atom stereocenters. The van der Waals surface area contributed by atoms with Gasteiger partial charge in [-0.2, -0.15) is 0 Å². The van der Waals surface area contributed by atoms with Crippen LogP contribution in [0.15, 0.2) is 53.5 Å².